The highest BCUT2D eigenvalue weighted by molar-refractivity contribution is 7.11. The molecule has 0 aromatic carbocycles. The number of thiazole rings is 1. The summed E-state index contributed by atoms with van der Waals surface area (Å²) >= 11 is 1.91. The van der Waals surface area contributed by atoms with Crippen molar-refractivity contribution in [2.45, 2.75) is 46.1 Å². The van der Waals surface area contributed by atoms with E-state index in [1.807, 2.05) is 18.4 Å². The second kappa shape index (κ2) is 3.87. The molecule has 1 aliphatic rings. The van der Waals surface area contributed by atoms with Crippen LogP contribution in [-0.4, -0.2) is 12.0 Å². The molecule has 1 saturated carbocycles. The highest BCUT2D eigenvalue weighted by Crippen LogP contribution is 2.59. The van der Waals surface area contributed by atoms with Crippen LogP contribution in [-0.2, 0) is 13.0 Å². The monoisotopic (exact) mass is 224 g/mol. The Kier molecular flexibility index (Phi) is 2.86. The van der Waals surface area contributed by atoms with E-state index < -0.39 is 0 Å². The number of aromatic nitrogens is 1. The molecule has 0 radical (unpaired) electrons. The average molecular weight is 224 g/mol. The van der Waals surface area contributed by atoms with Gasteiger partial charge in [-0.2, -0.15) is 0 Å². The van der Waals surface area contributed by atoms with Crippen molar-refractivity contribution in [1.82, 2.24) is 10.3 Å². The molecule has 1 aromatic heterocycles. The van der Waals surface area contributed by atoms with E-state index in [1.54, 1.807) is 0 Å². The summed E-state index contributed by atoms with van der Waals surface area (Å²) in [6, 6.07) is 0. The molecular weight excluding hydrogens is 204 g/mol. The van der Waals surface area contributed by atoms with Gasteiger partial charge in [0, 0.05) is 17.3 Å². The first-order chi connectivity index (χ1) is 7.08. The van der Waals surface area contributed by atoms with E-state index in [9.17, 15) is 0 Å². The van der Waals surface area contributed by atoms with Crippen LogP contribution >= 0.6 is 11.3 Å². The average Bonchev–Trinajstić information content (AvgIpc) is 2.66. The van der Waals surface area contributed by atoms with Gasteiger partial charge in [0.15, 0.2) is 0 Å². The van der Waals surface area contributed by atoms with Gasteiger partial charge in [-0.1, -0.05) is 20.8 Å². The Labute approximate surface area is 96.1 Å². The summed E-state index contributed by atoms with van der Waals surface area (Å²) in [6.07, 6.45) is 2.36. The molecule has 2 rings (SSSR count). The van der Waals surface area contributed by atoms with Crippen molar-refractivity contribution >= 4 is 11.3 Å². The minimum Gasteiger partial charge on any atom is -0.315 e. The van der Waals surface area contributed by atoms with Gasteiger partial charge in [-0.15, -0.1) is 11.3 Å². The van der Waals surface area contributed by atoms with Crippen molar-refractivity contribution < 1.29 is 0 Å². The highest BCUT2D eigenvalue weighted by Gasteiger charge is 2.48. The highest BCUT2D eigenvalue weighted by atomic mass is 32.1. The topological polar surface area (TPSA) is 24.9 Å². The van der Waals surface area contributed by atoms with Crippen LogP contribution in [0.4, 0.5) is 0 Å². The fraction of sp³-hybridized carbons (Fsp3) is 0.750. The Balaban J connectivity index is 2.20. The molecule has 0 bridgehead atoms. The van der Waals surface area contributed by atoms with Crippen molar-refractivity contribution in [3.05, 3.63) is 15.6 Å². The van der Waals surface area contributed by atoms with Gasteiger partial charge >= 0.3 is 0 Å². The van der Waals surface area contributed by atoms with Crippen LogP contribution in [0.5, 0.6) is 0 Å². The maximum Gasteiger partial charge on any atom is 0.0968 e. The molecule has 1 N–H and O–H groups in total. The summed E-state index contributed by atoms with van der Waals surface area (Å²) in [5.41, 5.74) is 1.80. The number of nitrogens with one attached hydrogen (secondary N) is 1. The first kappa shape index (κ1) is 11.1. The molecular formula is C12H20N2S. The molecule has 0 amide bonds. The molecule has 3 heteroatoms. The van der Waals surface area contributed by atoms with Crippen molar-refractivity contribution in [1.29, 1.82) is 0 Å². The first-order valence-corrected chi connectivity index (χ1v) is 6.53. The zero-order chi connectivity index (χ0) is 11.1. The van der Waals surface area contributed by atoms with Gasteiger partial charge in [0.1, 0.15) is 0 Å². The number of hydrogen-bond donors (Lipinski definition) is 1. The minimum atomic E-state index is 0.500. The van der Waals surface area contributed by atoms with Crippen molar-refractivity contribution in [3.63, 3.8) is 0 Å². The molecule has 1 unspecified atom stereocenters. The number of nitrogens with zero attached hydrogens (tertiary/aromatic N) is 1. The van der Waals surface area contributed by atoms with Crippen LogP contribution < -0.4 is 5.32 Å². The van der Waals surface area contributed by atoms with Crippen LogP contribution in [0.3, 0.4) is 0 Å². The second-order valence-corrected chi connectivity index (χ2v) is 6.17. The Bertz CT molecular complexity index is 355. The minimum absolute atomic E-state index is 0.500. The van der Waals surface area contributed by atoms with Gasteiger partial charge in [0.2, 0.25) is 0 Å². The normalized spacial score (nSPS) is 23.1. The Morgan fingerprint density at radius 3 is 2.67 bits per heavy atom. The van der Waals surface area contributed by atoms with Crippen LogP contribution in [0.25, 0.3) is 0 Å². The van der Waals surface area contributed by atoms with Crippen LogP contribution in [0.15, 0.2) is 0 Å². The largest absolute Gasteiger partial charge is 0.315 e. The molecule has 2 nitrogen and oxygen atoms in total. The molecule has 15 heavy (non-hydrogen) atoms. The third-order valence-corrected chi connectivity index (χ3v) is 4.49. The molecule has 1 aliphatic carbocycles. The number of rotatable bonds is 4. The zero-order valence-corrected chi connectivity index (χ0v) is 10.9. The number of aryl methyl sites for hydroxylation is 1. The Morgan fingerprint density at radius 1 is 1.53 bits per heavy atom. The molecule has 0 saturated heterocycles. The van der Waals surface area contributed by atoms with E-state index in [4.69, 9.17) is 4.98 Å². The lowest BCUT2D eigenvalue weighted by Gasteiger charge is -1.97. The molecule has 1 heterocycles. The van der Waals surface area contributed by atoms with Gasteiger partial charge in [-0.25, -0.2) is 4.98 Å². The zero-order valence-electron chi connectivity index (χ0n) is 10.1. The Morgan fingerprint density at radius 2 is 2.20 bits per heavy atom. The SMILES string of the molecule is CCc1nc(C2CC2(C)C)sc1CNC. The summed E-state index contributed by atoms with van der Waals surface area (Å²) < 4.78 is 0. The third-order valence-electron chi connectivity index (χ3n) is 3.28. The van der Waals surface area contributed by atoms with E-state index in [0.717, 1.165) is 18.9 Å². The van der Waals surface area contributed by atoms with E-state index in [0.29, 0.717) is 5.41 Å². The molecule has 1 atom stereocenters. The molecule has 0 aliphatic heterocycles. The molecule has 0 spiro atoms. The van der Waals surface area contributed by atoms with Crippen molar-refractivity contribution in [3.8, 4) is 0 Å². The standard InChI is InChI=1S/C12H20N2S/c1-5-9-10(7-13-4)15-11(14-9)8-6-12(8,2)3/h8,13H,5-7H2,1-4H3. The number of hydrogen-bond acceptors (Lipinski definition) is 3. The van der Waals surface area contributed by atoms with Gasteiger partial charge in [0.05, 0.1) is 10.7 Å². The fourth-order valence-corrected chi connectivity index (χ4v) is 3.49. The van der Waals surface area contributed by atoms with E-state index in [2.05, 4.69) is 26.1 Å². The summed E-state index contributed by atoms with van der Waals surface area (Å²) in [5, 5.41) is 4.59. The lowest BCUT2D eigenvalue weighted by atomic mass is 10.1. The van der Waals surface area contributed by atoms with Gasteiger partial charge in [0.25, 0.3) is 0 Å². The third kappa shape index (κ3) is 2.08. The second-order valence-electron chi connectivity index (χ2n) is 5.05. The van der Waals surface area contributed by atoms with Gasteiger partial charge in [-0.3, -0.25) is 0 Å². The summed E-state index contributed by atoms with van der Waals surface area (Å²) in [4.78, 5) is 6.21. The first-order valence-electron chi connectivity index (χ1n) is 5.71. The van der Waals surface area contributed by atoms with Crippen LogP contribution in [0.2, 0.25) is 0 Å². The van der Waals surface area contributed by atoms with Crippen LogP contribution in [0, 0.1) is 5.41 Å². The maximum atomic E-state index is 4.78. The maximum absolute atomic E-state index is 4.78. The smallest absolute Gasteiger partial charge is 0.0968 e. The molecule has 1 aromatic rings. The lowest BCUT2D eigenvalue weighted by Crippen LogP contribution is -2.05. The summed E-state index contributed by atoms with van der Waals surface area (Å²) in [6.45, 7) is 7.83. The van der Waals surface area contributed by atoms with Crippen LogP contribution in [0.1, 0.15) is 48.7 Å². The predicted octanol–water partition coefficient (Wildman–Crippen LogP) is 2.94. The summed E-state index contributed by atoms with van der Waals surface area (Å²) in [7, 11) is 2.00. The molecule has 84 valence electrons. The van der Waals surface area contributed by atoms with E-state index in [1.165, 1.54) is 22.0 Å². The van der Waals surface area contributed by atoms with Gasteiger partial charge in [-0.05, 0) is 25.3 Å². The predicted molar refractivity (Wildman–Crippen MR) is 65.4 cm³/mol. The van der Waals surface area contributed by atoms with E-state index in [-0.39, 0.29) is 0 Å². The Hall–Kier alpha value is -0.410. The fourth-order valence-electron chi connectivity index (χ4n) is 2.02. The quantitative estimate of drug-likeness (QED) is 0.850. The molecule has 1 fully saturated rings. The summed E-state index contributed by atoms with van der Waals surface area (Å²) in [5.74, 6) is 0.721. The van der Waals surface area contributed by atoms with Crippen molar-refractivity contribution in [2.24, 2.45) is 5.41 Å². The van der Waals surface area contributed by atoms with Crippen molar-refractivity contribution in [2.75, 3.05) is 7.05 Å². The lowest BCUT2D eigenvalue weighted by molar-refractivity contribution is 0.620. The van der Waals surface area contributed by atoms with E-state index >= 15 is 0 Å². The van der Waals surface area contributed by atoms with Gasteiger partial charge < -0.3 is 5.32 Å².